The number of anilines is 2. The maximum absolute atomic E-state index is 12.7. The van der Waals surface area contributed by atoms with E-state index in [1.165, 1.54) is 0 Å². The molecular weight excluding hydrogens is 470 g/mol. The number of nitrogens with one attached hydrogen (secondary N) is 3. The summed E-state index contributed by atoms with van der Waals surface area (Å²) < 4.78 is 5.43. The minimum atomic E-state index is -0.207. The Labute approximate surface area is 215 Å². The second-order valence-corrected chi connectivity index (χ2v) is 9.36. The number of carbonyl (C=O) groups excluding carboxylic acids is 1. The summed E-state index contributed by atoms with van der Waals surface area (Å²) in [6.07, 6.45) is 4.47. The number of fused-ring (bicyclic) bond motifs is 1. The van der Waals surface area contributed by atoms with Crippen molar-refractivity contribution < 1.29 is 9.53 Å². The highest BCUT2D eigenvalue weighted by Crippen LogP contribution is 2.28. The number of hydrogen-bond acceptors (Lipinski definition) is 8. The second-order valence-electron chi connectivity index (χ2n) is 9.36. The zero-order chi connectivity index (χ0) is 25.6. The van der Waals surface area contributed by atoms with Gasteiger partial charge in [0.05, 0.1) is 30.2 Å². The highest BCUT2D eigenvalue weighted by atomic mass is 16.5. The second kappa shape index (κ2) is 11.5. The van der Waals surface area contributed by atoms with Gasteiger partial charge < -0.3 is 20.4 Å². The molecular formula is C27H33N7O3. The molecule has 1 unspecified atom stereocenters. The molecule has 0 saturated carbocycles. The number of hydrogen-bond donors (Lipinski definition) is 3. The fourth-order valence-corrected chi connectivity index (χ4v) is 4.59. The number of ether oxygens (including phenoxy) is 1. The van der Waals surface area contributed by atoms with Crippen molar-refractivity contribution in [1.29, 1.82) is 0 Å². The number of nitrogens with zero attached hydrogens (tertiary/aromatic N) is 4. The lowest BCUT2D eigenvalue weighted by Gasteiger charge is -2.28. The molecule has 1 saturated heterocycles. The quantitative estimate of drug-likeness (QED) is 0.411. The number of hydrazone groups is 1. The molecule has 2 aromatic heterocycles. The van der Waals surface area contributed by atoms with Crippen molar-refractivity contribution in [2.24, 2.45) is 5.10 Å². The smallest absolute Gasteiger partial charge is 0.259 e. The Morgan fingerprint density at radius 2 is 1.97 bits per heavy atom. The van der Waals surface area contributed by atoms with Crippen LogP contribution in [-0.4, -0.2) is 84.5 Å². The first-order valence-electron chi connectivity index (χ1n) is 12.9. The maximum atomic E-state index is 12.7. The molecule has 0 bridgehead atoms. The molecule has 5 rings (SSSR count). The number of carbonyl (C=O) groups is 1. The predicted molar refractivity (Wildman–Crippen MR) is 145 cm³/mol. The molecule has 2 aliphatic heterocycles. The minimum Gasteiger partial charge on any atom is -0.379 e. The van der Waals surface area contributed by atoms with E-state index in [2.05, 4.69) is 30.6 Å². The monoisotopic (exact) mass is 503 g/mol. The fraction of sp³-hybridized carbons (Fsp3) is 0.407. The molecule has 4 heterocycles. The summed E-state index contributed by atoms with van der Waals surface area (Å²) in [5.41, 5.74) is 1.98. The summed E-state index contributed by atoms with van der Waals surface area (Å²) in [5, 5.41) is 14.2. The first-order valence-corrected chi connectivity index (χ1v) is 12.9. The van der Waals surface area contributed by atoms with Crippen LogP contribution in [-0.2, 0) is 4.74 Å². The van der Waals surface area contributed by atoms with E-state index in [1.807, 2.05) is 37.4 Å². The van der Waals surface area contributed by atoms with Crippen molar-refractivity contribution in [3.05, 3.63) is 64.2 Å². The molecule has 10 nitrogen and oxygen atoms in total. The van der Waals surface area contributed by atoms with Gasteiger partial charge in [-0.25, -0.2) is 4.98 Å². The largest absolute Gasteiger partial charge is 0.379 e. The molecule has 194 valence electrons. The molecule has 37 heavy (non-hydrogen) atoms. The van der Waals surface area contributed by atoms with Crippen LogP contribution in [0.15, 0.2) is 52.5 Å². The Bertz CT molecular complexity index is 1320. The van der Waals surface area contributed by atoms with Gasteiger partial charge in [-0.05, 0) is 48.2 Å². The summed E-state index contributed by atoms with van der Waals surface area (Å²) in [5.74, 6) is 0.408. The molecule has 2 aliphatic rings. The van der Waals surface area contributed by atoms with E-state index in [0.29, 0.717) is 23.3 Å². The van der Waals surface area contributed by atoms with Crippen molar-refractivity contribution in [3.8, 4) is 0 Å². The SMILES string of the molecule is CCCNC(=O)c1ccc(Nc2nc(C3C=NN(CCN4CCOCC4)C3)cc3cc[nH]c(=O)c23)cc1. The first kappa shape index (κ1) is 24.9. The summed E-state index contributed by atoms with van der Waals surface area (Å²) in [6, 6.07) is 11.0. The molecule has 0 spiro atoms. The molecule has 0 radical (unpaired) electrons. The normalized spacial score (nSPS) is 17.9. The number of amides is 1. The van der Waals surface area contributed by atoms with E-state index >= 15 is 0 Å². The third kappa shape index (κ3) is 5.98. The van der Waals surface area contributed by atoms with Crippen LogP contribution in [0.1, 0.15) is 35.3 Å². The van der Waals surface area contributed by atoms with Crippen molar-refractivity contribution in [3.63, 3.8) is 0 Å². The molecule has 0 aliphatic carbocycles. The molecule has 1 aromatic carbocycles. The van der Waals surface area contributed by atoms with Crippen molar-refractivity contribution in [2.45, 2.75) is 19.3 Å². The number of aromatic nitrogens is 2. The molecule has 3 aromatic rings. The van der Waals surface area contributed by atoms with Gasteiger partial charge in [0.25, 0.3) is 11.5 Å². The lowest BCUT2D eigenvalue weighted by atomic mass is 10.0. The highest BCUT2D eigenvalue weighted by molar-refractivity contribution is 5.95. The lowest BCUT2D eigenvalue weighted by molar-refractivity contribution is 0.0339. The number of rotatable bonds is 9. The zero-order valence-electron chi connectivity index (χ0n) is 21.1. The van der Waals surface area contributed by atoms with Crippen LogP contribution in [0.4, 0.5) is 11.5 Å². The van der Waals surface area contributed by atoms with E-state index < -0.39 is 0 Å². The van der Waals surface area contributed by atoms with Gasteiger partial charge in [0, 0.05) is 62.9 Å². The topological polar surface area (TPSA) is 115 Å². The predicted octanol–water partition coefficient (Wildman–Crippen LogP) is 2.52. The van der Waals surface area contributed by atoms with Gasteiger partial charge in [0.2, 0.25) is 0 Å². The van der Waals surface area contributed by atoms with Gasteiger partial charge in [-0.3, -0.25) is 19.5 Å². The van der Waals surface area contributed by atoms with Crippen LogP contribution in [0.3, 0.4) is 0 Å². The third-order valence-corrected chi connectivity index (χ3v) is 6.69. The van der Waals surface area contributed by atoms with E-state index in [-0.39, 0.29) is 17.4 Å². The van der Waals surface area contributed by atoms with Crippen LogP contribution in [0.2, 0.25) is 0 Å². The average molecular weight is 504 g/mol. The maximum Gasteiger partial charge on any atom is 0.259 e. The molecule has 1 fully saturated rings. The van der Waals surface area contributed by atoms with E-state index in [9.17, 15) is 9.59 Å². The van der Waals surface area contributed by atoms with E-state index in [1.54, 1.807) is 18.3 Å². The Balaban J connectivity index is 1.33. The van der Waals surface area contributed by atoms with Gasteiger partial charge in [-0.15, -0.1) is 0 Å². The molecule has 1 atom stereocenters. The van der Waals surface area contributed by atoms with E-state index in [0.717, 1.165) is 69.1 Å². The summed E-state index contributed by atoms with van der Waals surface area (Å²) in [7, 11) is 0. The Hall–Kier alpha value is -3.76. The van der Waals surface area contributed by atoms with Crippen LogP contribution >= 0.6 is 0 Å². The lowest BCUT2D eigenvalue weighted by Crippen LogP contribution is -2.40. The van der Waals surface area contributed by atoms with Crippen molar-refractivity contribution >= 4 is 34.4 Å². The van der Waals surface area contributed by atoms with Crippen LogP contribution < -0.4 is 16.2 Å². The Morgan fingerprint density at radius 3 is 2.76 bits per heavy atom. The van der Waals surface area contributed by atoms with Crippen molar-refractivity contribution in [2.75, 3.05) is 57.8 Å². The Kier molecular flexibility index (Phi) is 7.76. The summed E-state index contributed by atoms with van der Waals surface area (Å²) in [6.45, 7) is 8.69. The van der Waals surface area contributed by atoms with Crippen LogP contribution in [0, 0.1) is 0 Å². The number of morpholine rings is 1. The molecule has 1 amide bonds. The number of aromatic amines is 1. The first-order chi connectivity index (χ1) is 18.1. The van der Waals surface area contributed by atoms with Crippen molar-refractivity contribution in [1.82, 2.24) is 25.2 Å². The third-order valence-electron chi connectivity index (χ3n) is 6.69. The fourth-order valence-electron chi connectivity index (χ4n) is 4.59. The number of H-pyrrole nitrogens is 1. The zero-order valence-corrected chi connectivity index (χ0v) is 21.1. The molecule has 3 N–H and O–H groups in total. The van der Waals surface area contributed by atoms with Gasteiger partial charge >= 0.3 is 0 Å². The minimum absolute atomic E-state index is 0.0264. The number of pyridine rings is 2. The molecule has 10 heteroatoms. The summed E-state index contributed by atoms with van der Waals surface area (Å²) in [4.78, 5) is 35.0. The van der Waals surface area contributed by atoms with Gasteiger partial charge in [0.1, 0.15) is 5.82 Å². The standard InChI is InChI=1S/C27H33N7O3/c1-2-8-28-26(35)19-3-5-22(6-4-19)31-25-24-20(7-9-29-27(24)36)16-23(32-25)21-17-30-34(18-21)11-10-33-12-14-37-15-13-33/h3-7,9,16-17,21H,2,8,10-15,18H2,1H3,(H,28,35)(H,29,36)(H,31,32). The summed E-state index contributed by atoms with van der Waals surface area (Å²) >= 11 is 0. The van der Waals surface area contributed by atoms with Crippen LogP contribution in [0.5, 0.6) is 0 Å². The van der Waals surface area contributed by atoms with Gasteiger partial charge in [-0.1, -0.05) is 6.92 Å². The highest BCUT2D eigenvalue weighted by Gasteiger charge is 2.23. The van der Waals surface area contributed by atoms with Gasteiger partial charge in [0.15, 0.2) is 0 Å². The average Bonchev–Trinajstić information content (AvgIpc) is 3.41. The van der Waals surface area contributed by atoms with Crippen LogP contribution in [0.25, 0.3) is 10.8 Å². The number of benzene rings is 1. The van der Waals surface area contributed by atoms with E-state index in [4.69, 9.17) is 9.72 Å². The Morgan fingerprint density at radius 1 is 1.16 bits per heavy atom. The van der Waals surface area contributed by atoms with Gasteiger partial charge in [-0.2, -0.15) is 5.10 Å².